The predicted molar refractivity (Wildman–Crippen MR) is 86.7 cm³/mol. The fourth-order valence-electron chi connectivity index (χ4n) is 2.17. The summed E-state index contributed by atoms with van der Waals surface area (Å²) >= 11 is 1.54. The van der Waals surface area contributed by atoms with Crippen molar-refractivity contribution in [1.82, 2.24) is 4.98 Å². The van der Waals surface area contributed by atoms with Gasteiger partial charge in [-0.15, -0.1) is 11.3 Å². The van der Waals surface area contributed by atoms with E-state index in [0.29, 0.717) is 11.3 Å². The summed E-state index contributed by atoms with van der Waals surface area (Å²) in [7, 11) is 0. The van der Waals surface area contributed by atoms with Crippen molar-refractivity contribution in [1.29, 1.82) is 0 Å². The molecule has 0 aliphatic rings. The van der Waals surface area contributed by atoms with Crippen LogP contribution in [0.1, 0.15) is 39.1 Å². The van der Waals surface area contributed by atoms with Gasteiger partial charge in [0.1, 0.15) is 0 Å². The van der Waals surface area contributed by atoms with Gasteiger partial charge >= 0.3 is 5.97 Å². The zero-order valence-electron chi connectivity index (χ0n) is 12.8. The van der Waals surface area contributed by atoms with Gasteiger partial charge in [-0.05, 0) is 37.5 Å². The first-order valence-electron chi connectivity index (χ1n) is 6.98. The Bertz CT molecular complexity index is 722. The zero-order valence-corrected chi connectivity index (χ0v) is 13.6. The van der Waals surface area contributed by atoms with Crippen LogP contribution in [0.25, 0.3) is 0 Å². The third kappa shape index (κ3) is 3.71. The molecule has 2 rings (SSSR count). The molecule has 22 heavy (non-hydrogen) atoms. The van der Waals surface area contributed by atoms with Gasteiger partial charge in [-0.3, -0.25) is 4.79 Å². The Morgan fingerprint density at radius 1 is 1.27 bits per heavy atom. The Hall–Kier alpha value is -2.21. The van der Waals surface area contributed by atoms with Gasteiger partial charge in [-0.1, -0.05) is 13.0 Å². The Morgan fingerprint density at radius 2 is 2.00 bits per heavy atom. The number of anilines is 1. The van der Waals surface area contributed by atoms with Gasteiger partial charge in [0, 0.05) is 11.1 Å². The van der Waals surface area contributed by atoms with Crippen LogP contribution in [0.2, 0.25) is 0 Å². The highest BCUT2D eigenvalue weighted by atomic mass is 32.1. The van der Waals surface area contributed by atoms with E-state index >= 15 is 0 Å². The van der Waals surface area contributed by atoms with Crippen LogP contribution < -0.4 is 5.32 Å². The van der Waals surface area contributed by atoms with Crippen LogP contribution >= 0.6 is 11.3 Å². The number of carbonyl (C=O) groups excluding carboxylic acids is 1. The first-order valence-corrected chi connectivity index (χ1v) is 7.86. The van der Waals surface area contributed by atoms with E-state index in [4.69, 9.17) is 5.11 Å². The van der Waals surface area contributed by atoms with Crippen LogP contribution in [0, 0.1) is 13.8 Å². The molecule has 2 N–H and O–H groups in total. The number of hydrogen-bond donors (Lipinski definition) is 2. The molecule has 116 valence electrons. The molecule has 0 fully saturated rings. The molecular formula is C16H18N2O3S. The van der Waals surface area contributed by atoms with E-state index in [1.807, 2.05) is 19.2 Å². The number of aromatic carboxylic acids is 1. The summed E-state index contributed by atoms with van der Waals surface area (Å²) in [5.41, 5.74) is 2.97. The number of rotatable bonds is 5. The van der Waals surface area contributed by atoms with Crippen LogP contribution in [0.4, 0.5) is 5.69 Å². The second kappa shape index (κ2) is 6.70. The second-order valence-electron chi connectivity index (χ2n) is 5.10. The minimum absolute atomic E-state index is 0.187. The second-order valence-corrected chi connectivity index (χ2v) is 6.04. The summed E-state index contributed by atoms with van der Waals surface area (Å²) in [5.74, 6) is -1.20. The van der Waals surface area contributed by atoms with Gasteiger partial charge in [-0.25, -0.2) is 9.78 Å². The molecule has 1 aromatic heterocycles. The van der Waals surface area contributed by atoms with Crippen molar-refractivity contribution in [2.45, 2.75) is 33.6 Å². The van der Waals surface area contributed by atoms with Gasteiger partial charge in [0.05, 0.1) is 22.7 Å². The number of nitrogens with zero attached hydrogens (tertiary/aromatic N) is 1. The molecule has 1 amide bonds. The fourth-order valence-corrected chi connectivity index (χ4v) is 2.91. The number of thiazole rings is 1. The minimum atomic E-state index is -1.000. The maximum Gasteiger partial charge on any atom is 0.336 e. The summed E-state index contributed by atoms with van der Waals surface area (Å²) in [5, 5.41) is 14.8. The number of benzene rings is 1. The molecule has 0 spiro atoms. The van der Waals surface area contributed by atoms with Crippen molar-refractivity contribution >= 4 is 28.9 Å². The molecule has 0 bridgehead atoms. The first-order chi connectivity index (χ1) is 10.4. The Morgan fingerprint density at radius 3 is 2.59 bits per heavy atom. The van der Waals surface area contributed by atoms with Crippen LogP contribution in [-0.4, -0.2) is 22.0 Å². The number of hydrogen-bond acceptors (Lipinski definition) is 4. The summed E-state index contributed by atoms with van der Waals surface area (Å²) in [6.45, 7) is 5.60. The third-order valence-electron chi connectivity index (χ3n) is 3.32. The van der Waals surface area contributed by atoms with E-state index in [2.05, 4.69) is 10.3 Å². The SMILES string of the molecule is CCc1nc(CC(=O)Nc2cc(C(=O)O)c(C)cc2C)cs1. The number of carbonyl (C=O) groups is 2. The van der Waals surface area contributed by atoms with E-state index in [-0.39, 0.29) is 17.9 Å². The molecule has 0 radical (unpaired) electrons. The summed E-state index contributed by atoms with van der Waals surface area (Å²) in [6, 6.07) is 3.26. The summed E-state index contributed by atoms with van der Waals surface area (Å²) in [6.07, 6.45) is 1.04. The lowest BCUT2D eigenvalue weighted by Crippen LogP contribution is -2.16. The first kappa shape index (κ1) is 16.2. The topological polar surface area (TPSA) is 79.3 Å². The molecule has 0 saturated heterocycles. The van der Waals surface area contributed by atoms with Gasteiger partial charge in [0.2, 0.25) is 5.91 Å². The summed E-state index contributed by atoms with van der Waals surface area (Å²) < 4.78 is 0. The Kier molecular flexibility index (Phi) is 4.92. The lowest BCUT2D eigenvalue weighted by atomic mass is 10.0. The van der Waals surface area contributed by atoms with Crippen molar-refractivity contribution in [3.05, 3.63) is 44.9 Å². The quantitative estimate of drug-likeness (QED) is 0.887. The normalized spacial score (nSPS) is 10.5. The van der Waals surface area contributed by atoms with Gasteiger partial charge in [-0.2, -0.15) is 0 Å². The van der Waals surface area contributed by atoms with Crippen LogP contribution in [0.15, 0.2) is 17.5 Å². The van der Waals surface area contributed by atoms with E-state index < -0.39 is 5.97 Å². The minimum Gasteiger partial charge on any atom is -0.478 e. The van der Waals surface area contributed by atoms with Gasteiger partial charge in [0.25, 0.3) is 0 Å². The molecule has 5 nitrogen and oxygen atoms in total. The highest BCUT2D eigenvalue weighted by molar-refractivity contribution is 7.09. The van der Waals surface area contributed by atoms with Crippen LogP contribution in [-0.2, 0) is 17.6 Å². The summed E-state index contributed by atoms with van der Waals surface area (Å²) in [4.78, 5) is 27.6. The lowest BCUT2D eigenvalue weighted by molar-refractivity contribution is -0.115. The van der Waals surface area contributed by atoms with E-state index in [1.165, 1.54) is 6.07 Å². The largest absolute Gasteiger partial charge is 0.478 e. The maximum atomic E-state index is 12.1. The van der Waals surface area contributed by atoms with Crippen LogP contribution in [0.5, 0.6) is 0 Å². The van der Waals surface area contributed by atoms with Crippen molar-refractivity contribution in [2.75, 3.05) is 5.32 Å². The molecule has 0 atom stereocenters. The average molecular weight is 318 g/mol. The number of aromatic nitrogens is 1. The molecule has 6 heteroatoms. The number of carboxylic acids is 1. The molecular weight excluding hydrogens is 300 g/mol. The molecule has 2 aromatic rings. The maximum absolute atomic E-state index is 12.1. The number of amides is 1. The number of nitrogens with one attached hydrogen (secondary N) is 1. The third-order valence-corrected chi connectivity index (χ3v) is 4.36. The molecule has 0 aliphatic carbocycles. The molecule has 1 heterocycles. The number of aryl methyl sites for hydroxylation is 3. The smallest absolute Gasteiger partial charge is 0.336 e. The van der Waals surface area contributed by atoms with Crippen molar-refractivity contribution in [3.8, 4) is 0 Å². The molecule has 1 aromatic carbocycles. The highest BCUT2D eigenvalue weighted by Crippen LogP contribution is 2.21. The molecule has 0 unspecified atom stereocenters. The van der Waals surface area contributed by atoms with E-state index in [1.54, 1.807) is 24.3 Å². The van der Waals surface area contributed by atoms with E-state index in [9.17, 15) is 9.59 Å². The standard InChI is InChI=1S/C16H18N2O3S/c1-4-15-17-11(8-22-15)6-14(19)18-13-7-12(16(20)21)9(2)5-10(13)3/h5,7-8H,4,6H2,1-3H3,(H,18,19)(H,20,21). The van der Waals surface area contributed by atoms with Gasteiger partial charge < -0.3 is 10.4 Å². The van der Waals surface area contributed by atoms with E-state index in [0.717, 1.165) is 22.7 Å². The Labute approximate surface area is 133 Å². The van der Waals surface area contributed by atoms with Crippen LogP contribution in [0.3, 0.4) is 0 Å². The molecule has 0 saturated carbocycles. The average Bonchev–Trinajstić information content (AvgIpc) is 2.89. The monoisotopic (exact) mass is 318 g/mol. The van der Waals surface area contributed by atoms with Gasteiger partial charge in [0.15, 0.2) is 0 Å². The predicted octanol–water partition coefficient (Wildman–Crippen LogP) is 3.20. The highest BCUT2D eigenvalue weighted by Gasteiger charge is 2.13. The molecule has 0 aliphatic heterocycles. The zero-order chi connectivity index (χ0) is 16.3. The fraction of sp³-hybridized carbons (Fsp3) is 0.312. The Balaban J connectivity index is 2.14. The van der Waals surface area contributed by atoms with Crippen molar-refractivity contribution in [2.24, 2.45) is 0 Å². The lowest BCUT2D eigenvalue weighted by Gasteiger charge is -2.11. The van der Waals surface area contributed by atoms with Crippen molar-refractivity contribution in [3.63, 3.8) is 0 Å². The van der Waals surface area contributed by atoms with Crippen molar-refractivity contribution < 1.29 is 14.7 Å². The number of carboxylic acid groups (broad SMARTS) is 1.